The van der Waals surface area contributed by atoms with Crippen molar-refractivity contribution in [2.45, 2.75) is 25.3 Å². The van der Waals surface area contributed by atoms with Gasteiger partial charge >= 0.3 is 0 Å². The van der Waals surface area contributed by atoms with Gasteiger partial charge in [-0.3, -0.25) is 9.88 Å². The van der Waals surface area contributed by atoms with E-state index < -0.39 is 0 Å². The van der Waals surface area contributed by atoms with Crippen molar-refractivity contribution in [1.82, 2.24) is 14.8 Å². The fraction of sp³-hybridized carbons (Fsp3) is 0.233. The second-order valence-corrected chi connectivity index (χ2v) is 10.3. The Labute approximate surface area is 217 Å². The molecule has 184 valence electrons. The number of hydrogen-bond acceptors (Lipinski definition) is 5. The number of hydrogen-bond donors (Lipinski definition) is 1. The number of para-hydroxylation sites is 1. The molecular weight excluding hydrogens is 467 g/mol. The lowest BCUT2D eigenvalue weighted by molar-refractivity contribution is 0.169. The number of piperazine rings is 1. The molecule has 0 saturated carbocycles. The van der Waals surface area contributed by atoms with E-state index in [0.717, 1.165) is 76.6 Å². The van der Waals surface area contributed by atoms with Gasteiger partial charge in [0.2, 0.25) is 0 Å². The Morgan fingerprint density at radius 1 is 1.00 bits per heavy atom. The predicted octanol–water partition coefficient (Wildman–Crippen LogP) is 6.90. The number of rotatable bonds is 7. The molecule has 0 bridgehead atoms. The van der Waals surface area contributed by atoms with Crippen LogP contribution in [-0.4, -0.2) is 41.0 Å². The van der Waals surface area contributed by atoms with Gasteiger partial charge in [0, 0.05) is 55.7 Å². The molecule has 2 heterocycles. The number of nitrogens with one attached hydrogen (secondary N) is 1. The topological polar surface area (TPSA) is 31.4 Å². The van der Waals surface area contributed by atoms with Gasteiger partial charge in [-0.25, -0.2) is 4.39 Å². The molecule has 1 aliphatic heterocycles. The van der Waals surface area contributed by atoms with Gasteiger partial charge in [-0.05, 0) is 84.4 Å². The zero-order chi connectivity index (χ0) is 25.1. The third-order valence-corrected chi connectivity index (χ3v) is 7.56. The highest BCUT2D eigenvalue weighted by Gasteiger charge is 2.19. The van der Waals surface area contributed by atoms with Crippen LogP contribution in [-0.2, 0) is 6.54 Å². The molecule has 0 aliphatic carbocycles. The number of benzene rings is 3. The quantitative estimate of drug-likeness (QED) is 0.280. The van der Waals surface area contributed by atoms with Crippen molar-refractivity contribution < 1.29 is 4.39 Å². The highest BCUT2D eigenvalue weighted by molar-refractivity contribution is 8.00. The largest absolute Gasteiger partial charge is 0.369 e. The Hall–Kier alpha value is -3.35. The van der Waals surface area contributed by atoms with Gasteiger partial charge in [0.25, 0.3) is 0 Å². The lowest BCUT2D eigenvalue weighted by atomic mass is 10.1. The van der Waals surface area contributed by atoms with Crippen LogP contribution in [0.1, 0.15) is 22.3 Å². The third kappa shape index (κ3) is 5.55. The van der Waals surface area contributed by atoms with Gasteiger partial charge in [-0.2, -0.15) is 0 Å². The molecule has 1 saturated heterocycles. The Balaban J connectivity index is 1.18. The summed E-state index contributed by atoms with van der Waals surface area (Å²) >= 11 is 1.59. The number of aromatic nitrogens is 1. The Morgan fingerprint density at radius 2 is 1.81 bits per heavy atom. The molecule has 0 spiro atoms. The van der Waals surface area contributed by atoms with E-state index in [1.54, 1.807) is 24.1 Å². The summed E-state index contributed by atoms with van der Waals surface area (Å²) in [5.41, 5.74) is 7.47. The fourth-order valence-corrected chi connectivity index (χ4v) is 5.61. The summed E-state index contributed by atoms with van der Waals surface area (Å²) in [7, 11) is 0. The van der Waals surface area contributed by atoms with E-state index in [9.17, 15) is 4.39 Å². The number of anilines is 1. The van der Waals surface area contributed by atoms with E-state index in [-0.39, 0.29) is 5.82 Å². The minimum atomic E-state index is -0.155. The summed E-state index contributed by atoms with van der Waals surface area (Å²) in [5.74, 6) is -0.155. The van der Waals surface area contributed by atoms with E-state index in [2.05, 4.69) is 81.5 Å². The van der Waals surface area contributed by atoms with Crippen LogP contribution in [0, 0.1) is 19.7 Å². The zero-order valence-corrected chi connectivity index (χ0v) is 21.6. The minimum absolute atomic E-state index is 0.155. The van der Waals surface area contributed by atoms with Crippen molar-refractivity contribution in [3.63, 3.8) is 0 Å². The number of halogens is 1. The van der Waals surface area contributed by atoms with Gasteiger partial charge in [0.15, 0.2) is 0 Å². The molecule has 0 unspecified atom stereocenters. The van der Waals surface area contributed by atoms with Gasteiger partial charge in [-0.15, -0.1) is 0 Å². The fourth-order valence-electron chi connectivity index (χ4n) is 4.75. The van der Waals surface area contributed by atoms with Crippen LogP contribution < -0.4 is 4.72 Å². The smallest absolute Gasteiger partial charge is 0.123 e. The van der Waals surface area contributed by atoms with Gasteiger partial charge in [0.05, 0.1) is 10.4 Å². The maximum absolute atomic E-state index is 13.7. The molecule has 0 atom stereocenters. The number of fused-ring (bicyclic) bond motifs is 1. The Bertz CT molecular complexity index is 1370. The first kappa shape index (κ1) is 24.3. The van der Waals surface area contributed by atoms with Crippen LogP contribution in [0.15, 0.2) is 84.4 Å². The van der Waals surface area contributed by atoms with Gasteiger partial charge < -0.3 is 9.62 Å². The molecule has 0 radical (unpaired) electrons. The van der Waals surface area contributed by atoms with Crippen molar-refractivity contribution in [2.75, 3.05) is 30.9 Å². The van der Waals surface area contributed by atoms with E-state index in [4.69, 9.17) is 0 Å². The maximum atomic E-state index is 13.7. The molecule has 6 heteroatoms. The summed E-state index contributed by atoms with van der Waals surface area (Å²) in [6.45, 7) is 12.9. The standard InChI is InChI=1S/C30H31FN4S/c1-21-16-24(19-27(31)17-21)20-34-12-14-35(15-13-34)23(3)26-9-10-28(22(2)18-26)33-36-29-8-4-6-25-7-5-11-32-30(25)29/h4-11,16-19,33H,3,12-15,20H2,1-2H3. The van der Waals surface area contributed by atoms with Crippen molar-refractivity contribution in [1.29, 1.82) is 0 Å². The van der Waals surface area contributed by atoms with E-state index in [0.29, 0.717) is 0 Å². The lowest BCUT2D eigenvalue weighted by Crippen LogP contribution is -2.44. The molecule has 5 rings (SSSR count). The second-order valence-electron chi connectivity index (χ2n) is 9.41. The lowest BCUT2D eigenvalue weighted by Gasteiger charge is -2.37. The first-order chi connectivity index (χ1) is 17.5. The summed E-state index contributed by atoms with van der Waals surface area (Å²) < 4.78 is 17.3. The van der Waals surface area contributed by atoms with Crippen LogP contribution in [0.2, 0.25) is 0 Å². The van der Waals surface area contributed by atoms with Crippen molar-refractivity contribution >= 4 is 34.2 Å². The van der Waals surface area contributed by atoms with Crippen molar-refractivity contribution in [3.05, 3.63) is 108 Å². The zero-order valence-electron chi connectivity index (χ0n) is 20.8. The Morgan fingerprint density at radius 3 is 2.58 bits per heavy atom. The van der Waals surface area contributed by atoms with Crippen LogP contribution >= 0.6 is 11.9 Å². The molecule has 36 heavy (non-hydrogen) atoms. The molecule has 4 aromatic rings. The van der Waals surface area contributed by atoms with Gasteiger partial charge in [-0.1, -0.05) is 36.9 Å². The SMILES string of the molecule is C=C(c1ccc(NSc2cccc3cccnc23)c(C)c1)N1CCN(Cc2cc(C)cc(F)c2)CC1. The molecule has 1 aromatic heterocycles. The van der Waals surface area contributed by atoms with Crippen LogP contribution in [0.5, 0.6) is 0 Å². The summed E-state index contributed by atoms with van der Waals surface area (Å²) in [6.07, 6.45) is 1.83. The first-order valence-corrected chi connectivity index (χ1v) is 13.1. The highest BCUT2D eigenvalue weighted by atomic mass is 32.2. The summed E-state index contributed by atoms with van der Waals surface area (Å²) in [4.78, 5) is 10.4. The number of pyridine rings is 1. The molecular formula is C30H31FN4S. The summed E-state index contributed by atoms with van der Waals surface area (Å²) in [6, 6.07) is 22.0. The van der Waals surface area contributed by atoms with Gasteiger partial charge in [0.1, 0.15) is 5.82 Å². The number of nitrogens with zero attached hydrogens (tertiary/aromatic N) is 3. The number of aryl methyl sites for hydroxylation is 2. The van der Waals surface area contributed by atoms with Crippen LogP contribution in [0.25, 0.3) is 16.6 Å². The van der Waals surface area contributed by atoms with E-state index >= 15 is 0 Å². The van der Waals surface area contributed by atoms with Crippen molar-refractivity contribution in [3.8, 4) is 0 Å². The average molecular weight is 499 g/mol. The summed E-state index contributed by atoms with van der Waals surface area (Å²) in [5, 5.41) is 1.14. The monoisotopic (exact) mass is 498 g/mol. The average Bonchev–Trinajstić information content (AvgIpc) is 2.87. The Kier molecular flexibility index (Phi) is 7.25. The molecule has 1 N–H and O–H groups in total. The highest BCUT2D eigenvalue weighted by Crippen LogP contribution is 2.30. The normalized spacial score (nSPS) is 14.2. The minimum Gasteiger partial charge on any atom is -0.369 e. The van der Waals surface area contributed by atoms with E-state index in [1.165, 1.54) is 5.56 Å². The maximum Gasteiger partial charge on any atom is 0.123 e. The molecule has 1 fully saturated rings. The van der Waals surface area contributed by atoms with Crippen molar-refractivity contribution in [2.24, 2.45) is 0 Å². The molecule has 1 aliphatic rings. The van der Waals surface area contributed by atoms with Crippen LogP contribution in [0.3, 0.4) is 0 Å². The van der Waals surface area contributed by atoms with E-state index in [1.807, 2.05) is 19.2 Å². The third-order valence-electron chi connectivity index (χ3n) is 6.69. The van der Waals surface area contributed by atoms with Crippen LogP contribution in [0.4, 0.5) is 10.1 Å². The predicted molar refractivity (Wildman–Crippen MR) is 149 cm³/mol. The molecule has 3 aromatic carbocycles. The first-order valence-electron chi connectivity index (χ1n) is 12.3. The second kappa shape index (κ2) is 10.7. The molecule has 4 nitrogen and oxygen atoms in total. The molecule has 0 amide bonds.